The van der Waals surface area contributed by atoms with E-state index >= 15 is 0 Å². The Morgan fingerprint density at radius 1 is 1.31 bits per heavy atom. The first-order valence-corrected chi connectivity index (χ1v) is 5.62. The molecule has 0 bridgehead atoms. The number of hydrogen-bond acceptors (Lipinski definition) is 6. The van der Waals surface area contributed by atoms with Gasteiger partial charge in [0.25, 0.3) is 0 Å². The molecule has 0 radical (unpaired) electrons. The zero-order valence-corrected chi connectivity index (χ0v) is 9.72. The summed E-state index contributed by atoms with van der Waals surface area (Å²) in [4.78, 5) is 2.06. The molecule has 16 heavy (non-hydrogen) atoms. The van der Waals surface area contributed by atoms with E-state index in [9.17, 15) is 0 Å². The van der Waals surface area contributed by atoms with Crippen LogP contribution >= 0.6 is 0 Å². The van der Waals surface area contributed by atoms with Crippen LogP contribution in [0.5, 0.6) is 0 Å². The van der Waals surface area contributed by atoms with Crippen LogP contribution in [0.3, 0.4) is 0 Å². The van der Waals surface area contributed by atoms with Crippen LogP contribution in [0.2, 0.25) is 0 Å². The molecule has 0 unspecified atom stereocenters. The van der Waals surface area contributed by atoms with Gasteiger partial charge in [-0.25, -0.2) is 0 Å². The highest BCUT2D eigenvalue weighted by Crippen LogP contribution is 2.18. The summed E-state index contributed by atoms with van der Waals surface area (Å²) in [6, 6.07) is 0.574. The zero-order valence-electron chi connectivity index (χ0n) is 9.72. The smallest absolute Gasteiger partial charge is 0.318 e. The maximum absolute atomic E-state index is 5.64. The van der Waals surface area contributed by atoms with Crippen LogP contribution in [0.15, 0.2) is 4.42 Å². The molecule has 0 aliphatic carbocycles. The van der Waals surface area contributed by atoms with Crippen molar-refractivity contribution in [1.29, 1.82) is 0 Å². The summed E-state index contributed by atoms with van der Waals surface area (Å²) in [5, 5.41) is 7.98. The van der Waals surface area contributed by atoms with Gasteiger partial charge in [0.1, 0.15) is 0 Å². The molecular formula is C10H18N4O2. The number of rotatable bonds is 3. The minimum Gasteiger partial charge on any atom is -0.408 e. The standard InChI is InChI=1S/C10H18N4O2/c1-7-5-14(6-8(2)15-7)10-13-12-9(16-10)3-4-11/h7-8H,3-6,11H2,1-2H3/t7-,8+. The van der Waals surface area contributed by atoms with Gasteiger partial charge >= 0.3 is 6.01 Å². The average molecular weight is 226 g/mol. The molecule has 0 spiro atoms. The SMILES string of the molecule is C[C@@H]1CN(c2nnc(CCN)o2)C[C@H](C)O1. The average Bonchev–Trinajstić information content (AvgIpc) is 2.65. The second-order valence-corrected chi connectivity index (χ2v) is 4.18. The predicted octanol–water partition coefficient (Wildman–Crippen LogP) is 0.184. The molecule has 2 heterocycles. The Bertz CT molecular complexity index is 331. The Hall–Kier alpha value is -1.14. The van der Waals surface area contributed by atoms with Gasteiger partial charge in [0.05, 0.1) is 12.2 Å². The first-order valence-electron chi connectivity index (χ1n) is 5.62. The summed E-state index contributed by atoms with van der Waals surface area (Å²) in [7, 11) is 0. The highest BCUT2D eigenvalue weighted by atomic mass is 16.5. The minimum atomic E-state index is 0.189. The first-order chi connectivity index (χ1) is 7.69. The molecule has 6 heteroatoms. The molecule has 0 aromatic carbocycles. The lowest BCUT2D eigenvalue weighted by Gasteiger charge is -2.33. The van der Waals surface area contributed by atoms with Gasteiger partial charge < -0.3 is 19.8 Å². The van der Waals surface area contributed by atoms with Crippen molar-refractivity contribution in [1.82, 2.24) is 10.2 Å². The summed E-state index contributed by atoms with van der Waals surface area (Å²) < 4.78 is 11.2. The molecule has 1 aliphatic heterocycles. The topological polar surface area (TPSA) is 77.4 Å². The van der Waals surface area contributed by atoms with Crippen LogP contribution < -0.4 is 10.6 Å². The van der Waals surface area contributed by atoms with Crippen molar-refractivity contribution in [3.8, 4) is 0 Å². The van der Waals surface area contributed by atoms with Gasteiger partial charge in [-0.3, -0.25) is 0 Å². The third-order valence-electron chi connectivity index (χ3n) is 2.50. The van der Waals surface area contributed by atoms with E-state index in [1.54, 1.807) is 0 Å². The molecular weight excluding hydrogens is 208 g/mol. The summed E-state index contributed by atoms with van der Waals surface area (Å²) in [5.41, 5.74) is 5.43. The fraction of sp³-hybridized carbons (Fsp3) is 0.800. The van der Waals surface area contributed by atoms with Gasteiger partial charge in [-0.2, -0.15) is 0 Å². The van der Waals surface area contributed by atoms with Crippen molar-refractivity contribution in [3.63, 3.8) is 0 Å². The van der Waals surface area contributed by atoms with E-state index in [0.29, 0.717) is 24.9 Å². The molecule has 1 saturated heterocycles. The van der Waals surface area contributed by atoms with Gasteiger partial charge in [0.2, 0.25) is 5.89 Å². The molecule has 1 aromatic rings. The van der Waals surface area contributed by atoms with Crippen LogP contribution in [0.4, 0.5) is 6.01 Å². The second-order valence-electron chi connectivity index (χ2n) is 4.18. The van der Waals surface area contributed by atoms with Crippen LogP contribution in [0.1, 0.15) is 19.7 Å². The fourth-order valence-corrected chi connectivity index (χ4v) is 1.93. The number of ether oxygens (including phenoxy) is 1. The lowest BCUT2D eigenvalue weighted by Crippen LogP contribution is -2.45. The lowest BCUT2D eigenvalue weighted by molar-refractivity contribution is -0.00675. The van der Waals surface area contributed by atoms with E-state index in [-0.39, 0.29) is 12.2 Å². The molecule has 1 fully saturated rings. The van der Waals surface area contributed by atoms with Crippen LogP contribution in [0, 0.1) is 0 Å². The molecule has 1 aromatic heterocycles. The minimum absolute atomic E-state index is 0.189. The Labute approximate surface area is 94.8 Å². The fourth-order valence-electron chi connectivity index (χ4n) is 1.93. The molecule has 2 rings (SSSR count). The molecule has 0 amide bonds. The highest BCUT2D eigenvalue weighted by molar-refractivity contribution is 5.25. The van der Waals surface area contributed by atoms with E-state index in [0.717, 1.165) is 13.1 Å². The third kappa shape index (κ3) is 2.51. The number of nitrogens with zero attached hydrogens (tertiary/aromatic N) is 3. The number of morpholine rings is 1. The number of nitrogens with two attached hydrogens (primary N) is 1. The Morgan fingerprint density at radius 3 is 2.62 bits per heavy atom. The van der Waals surface area contributed by atoms with E-state index < -0.39 is 0 Å². The Balaban J connectivity index is 2.04. The van der Waals surface area contributed by atoms with E-state index in [1.807, 2.05) is 13.8 Å². The van der Waals surface area contributed by atoms with Crippen molar-refractivity contribution in [2.24, 2.45) is 5.73 Å². The van der Waals surface area contributed by atoms with Gasteiger partial charge in [0, 0.05) is 26.1 Å². The Morgan fingerprint density at radius 2 is 2.00 bits per heavy atom. The number of aromatic nitrogens is 2. The van der Waals surface area contributed by atoms with Crippen molar-refractivity contribution in [2.75, 3.05) is 24.5 Å². The Kier molecular flexibility index (Phi) is 3.40. The van der Waals surface area contributed by atoms with Crippen LogP contribution in [-0.4, -0.2) is 42.0 Å². The second kappa shape index (κ2) is 4.80. The largest absolute Gasteiger partial charge is 0.408 e. The van der Waals surface area contributed by atoms with Crippen molar-refractivity contribution in [2.45, 2.75) is 32.5 Å². The van der Waals surface area contributed by atoms with Crippen LogP contribution in [-0.2, 0) is 11.2 Å². The summed E-state index contributed by atoms with van der Waals surface area (Å²) in [6.07, 6.45) is 1.00. The maximum Gasteiger partial charge on any atom is 0.318 e. The maximum atomic E-state index is 5.64. The van der Waals surface area contributed by atoms with E-state index in [1.165, 1.54) is 0 Å². The first kappa shape index (κ1) is 11.3. The van der Waals surface area contributed by atoms with Gasteiger partial charge in [0.15, 0.2) is 0 Å². The van der Waals surface area contributed by atoms with Crippen molar-refractivity contribution in [3.05, 3.63) is 5.89 Å². The summed E-state index contributed by atoms with van der Waals surface area (Å²) >= 11 is 0. The summed E-state index contributed by atoms with van der Waals surface area (Å²) in [5.74, 6) is 0.601. The lowest BCUT2D eigenvalue weighted by atomic mass is 10.2. The van der Waals surface area contributed by atoms with E-state index in [4.69, 9.17) is 14.9 Å². The zero-order chi connectivity index (χ0) is 11.5. The third-order valence-corrected chi connectivity index (χ3v) is 2.50. The summed E-state index contributed by atoms with van der Waals surface area (Å²) in [6.45, 7) is 6.18. The highest BCUT2D eigenvalue weighted by Gasteiger charge is 2.25. The monoisotopic (exact) mass is 226 g/mol. The van der Waals surface area contributed by atoms with Crippen LogP contribution in [0.25, 0.3) is 0 Å². The molecule has 2 N–H and O–H groups in total. The number of hydrogen-bond donors (Lipinski definition) is 1. The van der Waals surface area contributed by atoms with E-state index in [2.05, 4.69) is 15.1 Å². The van der Waals surface area contributed by atoms with Gasteiger partial charge in [-0.1, -0.05) is 5.10 Å². The molecule has 1 aliphatic rings. The number of anilines is 1. The molecule has 0 saturated carbocycles. The van der Waals surface area contributed by atoms with Gasteiger partial charge in [-0.15, -0.1) is 5.10 Å². The normalized spacial score (nSPS) is 26.1. The quantitative estimate of drug-likeness (QED) is 0.792. The van der Waals surface area contributed by atoms with Gasteiger partial charge in [-0.05, 0) is 13.8 Å². The predicted molar refractivity (Wildman–Crippen MR) is 59.3 cm³/mol. The molecule has 6 nitrogen and oxygen atoms in total. The van der Waals surface area contributed by atoms with Crippen molar-refractivity contribution >= 4 is 6.01 Å². The van der Waals surface area contributed by atoms with Crippen molar-refractivity contribution < 1.29 is 9.15 Å². The molecule has 2 atom stereocenters. The molecule has 90 valence electrons.